The number of aryl methyl sites for hydroxylation is 1. The van der Waals surface area contributed by atoms with Crippen LogP contribution in [-0.4, -0.2) is 31.7 Å². The van der Waals surface area contributed by atoms with Crippen molar-refractivity contribution in [3.8, 4) is 0 Å². The molecular formula is C13H14N4O3. The highest BCUT2D eigenvalue weighted by atomic mass is 16.4. The molecule has 2 N–H and O–H groups in total. The maximum absolute atomic E-state index is 12.1. The number of benzene rings is 1. The van der Waals surface area contributed by atoms with E-state index in [9.17, 15) is 9.59 Å². The predicted molar refractivity (Wildman–Crippen MR) is 71.5 cm³/mol. The van der Waals surface area contributed by atoms with Gasteiger partial charge in [-0.25, -0.2) is 14.5 Å². The second kappa shape index (κ2) is 5.52. The quantitative estimate of drug-likeness (QED) is 0.880. The Bertz CT molecular complexity index is 637. The Hall–Kier alpha value is -2.70. The van der Waals surface area contributed by atoms with Crippen molar-refractivity contribution in [1.82, 2.24) is 14.8 Å². The molecule has 0 aliphatic carbocycles. The van der Waals surface area contributed by atoms with Gasteiger partial charge in [0.25, 0.3) is 0 Å². The lowest BCUT2D eigenvalue weighted by Gasteiger charge is -2.14. The summed E-state index contributed by atoms with van der Waals surface area (Å²) in [5.41, 5.74) is 1.38. The number of carboxylic acid groups (broad SMARTS) is 1. The predicted octanol–water partition coefficient (Wildman–Crippen LogP) is 1.48. The van der Waals surface area contributed by atoms with Crippen LogP contribution < -0.4 is 5.32 Å². The van der Waals surface area contributed by atoms with Gasteiger partial charge in [-0.1, -0.05) is 6.07 Å². The summed E-state index contributed by atoms with van der Waals surface area (Å²) in [6, 6.07) is 4.04. The number of aromatic nitrogens is 3. The largest absolute Gasteiger partial charge is 0.478 e. The van der Waals surface area contributed by atoms with Crippen molar-refractivity contribution in [3.05, 3.63) is 42.0 Å². The minimum Gasteiger partial charge on any atom is -0.478 e. The molecule has 0 spiro atoms. The number of hydrogen-bond acceptors (Lipinski definition) is 4. The molecule has 1 aromatic carbocycles. The summed E-state index contributed by atoms with van der Waals surface area (Å²) in [5.74, 6) is -1.33. The number of carboxylic acids is 1. The van der Waals surface area contributed by atoms with Crippen LogP contribution in [0.5, 0.6) is 0 Å². The molecule has 7 heteroatoms. The minimum absolute atomic E-state index is 0.124. The molecule has 2 rings (SSSR count). The Kier molecular flexibility index (Phi) is 3.79. The van der Waals surface area contributed by atoms with Crippen molar-refractivity contribution in [2.24, 2.45) is 0 Å². The second-order valence-corrected chi connectivity index (χ2v) is 4.38. The number of carbonyl (C=O) groups is 2. The van der Waals surface area contributed by atoms with Crippen LogP contribution in [-0.2, 0) is 4.79 Å². The van der Waals surface area contributed by atoms with Gasteiger partial charge in [-0.3, -0.25) is 4.79 Å². The fourth-order valence-electron chi connectivity index (χ4n) is 1.66. The Balaban J connectivity index is 2.19. The lowest BCUT2D eigenvalue weighted by molar-refractivity contribution is -0.119. The molecule has 1 heterocycles. The third-order valence-corrected chi connectivity index (χ3v) is 2.96. The van der Waals surface area contributed by atoms with E-state index >= 15 is 0 Å². The number of nitrogens with zero attached hydrogens (tertiary/aromatic N) is 3. The maximum atomic E-state index is 12.1. The first-order valence-corrected chi connectivity index (χ1v) is 5.98. The van der Waals surface area contributed by atoms with E-state index in [0.717, 1.165) is 5.56 Å². The van der Waals surface area contributed by atoms with Gasteiger partial charge in [-0.05, 0) is 31.5 Å². The van der Waals surface area contributed by atoms with Crippen LogP contribution in [0.1, 0.15) is 28.9 Å². The van der Waals surface area contributed by atoms with Gasteiger partial charge in [-0.15, -0.1) is 0 Å². The van der Waals surface area contributed by atoms with Gasteiger partial charge in [0, 0.05) is 5.69 Å². The van der Waals surface area contributed by atoms with Crippen LogP contribution in [0.25, 0.3) is 0 Å². The first kappa shape index (κ1) is 13.7. The molecule has 20 heavy (non-hydrogen) atoms. The van der Waals surface area contributed by atoms with Crippen molar-refractivity contribution >= 4 is 17.6 Å². The molecule has 0 radical (unpaired) electrons. The lowest BCUT2D eigenvalue weighted by Crippen LogP contribution is -2.24. The number of amides is 1. The first-order valence-electron chi connectivity index (χ1n) is 5.98. The zero-order chi connectivity index (χ0) is 14.7. The normalized spacial score (nSPS) is 11.9. The monoisotopic (exact) mass is 274 g/mol. The molecule has 1 atom stereocenters. The van der Waals surface area contributed by atoms with Crippen molar-refractivity contribution in [2.75, 3.05) is 5.32 Å². The Morgan fingerprint density at radius 1 is 1.40 bits per heavy atom. The van der Waals surface area contributed by atoms with Gasteiger partial charge < -0.3 is 10.4 Å². The van der Waals surface area contributed by atoms with Gasteiger partial charge >= 0.3 is 5.97 Å². The van der Waals surface area contributed by atoms with Crippen molar-refractivity contribution in [1.29, 1.82) is 0 Å². The highest BCUT2D eigenvalue weighted by Gasteiger charge is 2.17. The van der Waals surface area contributed by atoms with Gasteiger partial charge in [0.1, 0.15) is 18.7 Å². The molecule has 0 fully saturated rings. The van der Waals surface area contributed by atoms with E-state index in [1.54, 1.807) is 19.9 Å². The lowest BCUT2D eigenvalue weighted by atomic mass is 10.1. The molecule has 2 aromatic rings. The molecule has 0 aliphatic heterocycles. The SMILES string of the molecule is Cc1ccc(C(=O)O)cc1NC(=O)C(C)n1cncn1. The van der Waals surface area contributed by atoms with Crippen molar-refractivity contribution < 1.29 is 14.7 Å². The van der Waals surface area contributed by atoms with Crippen LogP contribution in [0.2, 0.25) is 0 Å². The standard InChI is InChI=1S/C13H14N4O3/c1-8-3-4-10(13(19)20)5-11(8)16-12(18)9(2)17-7-14-6-15-17/h3-7,9H,1-2H3,(H,16,18)(H,19,20). The van der Waals surface area contributed by atoms with Crippen LogP contribution in [0, 0.1) is 6.92 Å². The van der Waals surface area contributed by atoms with E-state index in [0.29, 0.717) is 5.69 Å². The summed E-state index contributed by atoms with van der Waals surface area (Å²) in [4.78, 5) is 26.8. The number of carbonyl (C=O) groups excluding carboxylic acids is 1. The van der Waals surface area contributed by atoms with E-state index in [1.165, 1.54) is 29.5 Å². The fraction of sp³-hybridized carbons (Fsp3) is 0.231. The minimum atomic E-state index is -1.04. The number of nitrogens with one attached hydrogen (secondary N) is 1. The van der Waals surface area contributed by atoms with Crippen LogP contribution in [0.3, 0.4) is 0 Å². The zero-order valence-corrected chi connectivity index (χ0v) is 11.1. The summed E-state index contributed by atoms with van der Waals surface area (Å²) in [5, 5.41) is 15.6. The molecule has 0 saturated carbocycles. The fourth-order valence-corrected chi connectivity index (χ4v) is 1.66. The van der Waals surface area contributed by atoms with Gasteiger partial charge in [0.15, 0.2) is 0 Å². The molecule has 7 nitrogen and oxygen atoms in total. The van der Waals surface area contributed by atoms with Gasteiger partial charge in [-0.2, -0.15) is 5.10 Å². The molecule has 0 bridgehead atoms. The van der Waals surface area contributed by atoms with E-state index in [1.807, 2.05) is 0 Å². The Labute approximate surface area is 115 Å². The third kappa shape index (κ3) is 2.82. The van der Waals surface area contributed by atoms with E-state index < -0.39 is 12.0 Å². The average Bonchev–Trinajstić information content (AvgIpc) is 2.94. The van der Waals surface area contributed by atoms with Crippen molar-refractivity contribution in [2.45, 2.75) is 19.9 Å². The van der Waals surface area contributed by atoms with Crippen molar-refractivity contribution in [3.63, 3.8) is 0 Å². The first-order chi connectivity index (χ1) is 9.49. The van der Waals surface area contributed by atoms with Crippen LogP contribution >= 0.6 is 0 Å². The van der Waals surface area contributed by atoms with Gasteiger partial charge in [0.05, 0.1) is 5.56 Å². The van der Waals surface area contributed by atoms with E-state index in [-0.39, 0.29) is 11.5 Å². The summed E-state index contributed by atoms with van der Waals surface area (Å²) in [7, 11) is 0. The zero-order valence-electron chi connectivity index (χ0n) is 11.1. The highest BCUT2D eigenvalue weighted by molar-refractivity contribution is 5.96. The Morgan fingerprint density at radius 3 is 2.75 bits per heavy atom. The number of hydrogen-bond donors (Lipinski definition) is 2. The number of anilines is 1. The topological polar surface area (TPSA) is 97.1 Å². The summed E-state index contributed by atoms with van der Waals surface area (Å²) < 4.78 is 1.42. The molecule has 1 aromatic heterocycles. The maximum Gasteiger partial charge on any atom is 0.335 e. The third-order valence-electron chi connectivity index (χ3n) is 2.96. The van der Waals surface area contributed by atoms with Crippen LogP contribution in [0.15, 0.2) is 30.9 Å². The second-order valence-electron chi connectivity index (χ2n) is 4.38. The molecular weight excluding hydrogens is 260 g/mol. The summed E-state index contributed by atoms with van der Waals surface area (Å²) in [6.07, 6.45) is 2.80. The molecule has 1 amide bonds. The smallest absolute Gasteiger partial charge is 0.335 e. The molecule has 1 unspecified atom stereocenters. The summed E-state index contributed by atoms with van der Waals surface area (Å²) >= 11 is 0. The Morgan fingerprint density at radius 2 is 2.15 bits per heavy atom. The van der Waals surface area contributed by atoms with E-state index in [4.69, 9.17) is 5.11 Å². The molecule has 0 saturated heterocycles. The highest BCUT2D eigenvalue weighted by Crippen LogP contribution is 2.18. The van der Waals surface area contributed by atoms with E-state index in [2.05, 4.69) is 15.4 Å². The number of aromatic carboxylic acids is 1. The average molecular weight is 274 g/mol. The number of rotatable bonds is 4. The molecule has 104 valence electrons. The van der Waals surface area contributed by atoms with Gasteiger partial charge in [0.2, 0.25) is 5.91 Å². The molecule has 0 aliphatic rings. The van der Waals surface area contributed by atoms with Crippen LogP contribution in [0.4, 0.5) is 5.69 Å². The summed E-state index contributed by atoms with van der Waals surface area (Å²) in [6.45, 7) is 3.47.